The van der Waals surface area contributed by atoms with Gasteiger partial charge in [-0.2, -0.15) is 13.2 Å². The van der Waals surface area contributed by atoms with Crippen molar-refractivity contribution >= 4 is 82.5 Å². The molecular formula is C73H112ClF3N12O12. The molecule has 0 radical (unpaired) electrons. The van der Waals surface area contributed by atoms with E-state index in [1.807, 2.05) is 20.8 Å². The van der Waals surface area contributed by atoms with Crippen LogP contribution in [0.3, 0.4) is 0 Å². The number of halogens is 4. The van der Waals surface area contributed by atoms with Crippen molar-refractivity contribution < 1.29 is 70.7 Å². The molecule has 28 heteroatoms. The number of alkyl halides is 3. The number of likely N-dealkylation sites (N-methyl/N-ethyl adjacent to an activating group) is 6. The molecule has 4 saturated heterocycles. The Balaban J connectivity index is 1.30. The van der Waals surface area contributed by atoms with Gasteiger partial charge >= 0.3 is 6.18 Å². The fraction of sp³-hybridized carbons (Fsp3) is 0.753. The van der Waals surface area contributed by atoms with Gasteiger partial charge in [0, 0.05) is 68.0 Å². The van der Waals surface area contributed by atoms with Gasteiger partial charge in [0.05, 0.1) is 23.6 Å². The third-order valence-electron chi connectivity index (χ3n) is 22.4. The second kappa shape index (κ2) is 35.4. The number of fused-ring (bicyclic) bond motifs is 2. The minimum absolute atomic E-state index is 0.0232. The van der Waals surface area contributed by atoms with Gasteiger partial charge in [-0.3, -0.25) is 57.5 Å². The summed E-state index contributed by atoms with van der Waals surface area (Å²) in [6.07, 6.45) is 3.79. The van der Waals surface area contributed by atoms with Crippen LogP contribution in [0.5, 0.6) is 0 Å². The normalized spacial score (nSPS) is 27.7. The predicted molar refractivity (Wildman–Crippen MR) is 374 cm³/mol. The summed E-state index contributed by atoms with van der Waals surface area (Å²) in [5.74, 6) is -8.81. The molecule has 10 atom stereocenters. The van der Waals surface area contributed by atoms with Gasteiger partial charge in [0.15, 0.2) is 0 Å². The topological polar surface area (TPSA) is 270 Å². The Morgan fingerprint density at radius 2 is 1.28 bits per heavy atom. The average molecular weight is 1440 g/mol. The molecule has 7 rings (SSSR count). The lowest BCUT2D eigenvalue weighted by molar-refractivity contribution is -0.160. The average Bonchev–Trinajstić information content (AvgIpc) is 1.77. The molecule has 0 bridgehead atoms. The molecule has 4 heterocycles. The van der Waals surface area contributed by atoms with Crippen molar-refractivity contribution in [1.82, 2.24) is 60.0 Å². The summed E-state index contributed by atoms with van der Waals surface area (Å²) in [4.78, 5) is 193. The predicted octanol–water partition coefficient (Wildman–Crippen LogP) is 6.42. The smallest absolute Gasteiger partial charge is 0.343 e. The minimum Gasteiger partial charge on any atom is -0.343 e. The van der Waals surface area contributed by atoms with Crippen molar-refractivity contribution in [1.29, 1.82) is 0 Å². The molecule has 101 heavy (non-hydrogen) atoms. The number of carbonyl (C=O) groups excluding carboxylic acids is 12. The van der Waals surface area contributed by atoms with Gasteiger partial charge in [0.1, 0.15) is 59.9 Å². The molecule has 3 N–H and O–H groups in total. The van der Waals surface area contributed by atoms with Crippen LogP contribution >= 0.6 is 11.6 Å². The van der Waals surface area contributed by atoms with Crippen LogP contribution in [0.15, 0.2) is 18.2 Å². The fourth-order valence-electron chi connectivity index (χ4n) is 15.7. The second-order valence-electron chi connectivity index (χ2n) is 30.1. The quantitative estimate of drug-likeness (QED) is 0.205. The molecule has 0 unspecified atom stereocenters. The molecule has 564 valence electrons. The number of carbonyl (C=O) groups is 12. The van der Waals surface area contributed by atoms with Crippen LogP contribution in [0.25, 0.3) is 0 Å². The summed E-state index contributed by atoms with van der Waals surface area (Å²) >= 11 is 6.17. The monoisotopic (exact) mass is 1440 g/mol. The number of nitrogens with one attached hydrogen (secondary N) is 3. The third-order valence-corrected chi connectivity index (χ3v) is 22.8. The Labute approximate surface area is 599 Å². The third kappa shape index (κ3) is 19.2. The largest absolute Gasteiger partial charge is 0.417 e. The Hall–Kier alpha value is -7.06. The summed E-state index contributed by atoms with van der Waals surface area (Å²) in [5, 5.41) is 8.21. The lowest BCUT2D eigenvalue weighted by Gasteiger charge is -2.45. The van der Waals surface area contributed by atoms with Crippen LogP contribution in [-0.2, 0) is 70.1 Å². The first kappa shape index (κ1) is 81.2. The van der Waals surface area contributed by atoms with E-state index < -0.39 is 172 Å². The van der Waals surface area contributed by atoms with Crippen molar-refractivity contribution in [2.75, 3.05) is 74.5 Å². The lowest BCUT2D eigenvalue weighted by atomic mass is 9.84. The number of amides is 12. The van der Waals surface area contributed by atoms with Crippen LogP contribution in [0.4, 0.5) is 13.2 Å². The number of nitrogens with zero attached hydrogens (tertiary/aromatic N) is 9. The highest BCUT2D eigenvalue weighted by Gasteiger charge is 2.52. The minimum atomic E-state index is -4.76. The molecule has 24 nitrogen and oxygen atoms in total. The Morgan fingerprint density at radius 3 is 1.85 bits per heavy atom. The molecule has 1 aromatic carbocycles. The Kier molecular flexibility index (Phi) is 28.5. The van der Waals surface area contributed by atoms with E-state index in [4.69, 9.17) is 11.6 Å². The van der Waals surface area contributed by atoms with Crippen molar-refractivity contribution in [3.63, 3.8) is 0 Å². The zero-order valence-corrected chi connectivity index (χ0v) is 62.5. The van der Waals surface area contributed by atoms with E-state index in [9.17, 15) is 41.9 Å². The first-order valence-electron chi connectivity index (χ1n) is 36.9. The van der Waals surface area contributed by atoms with E-state index in [2.05, 4.69) is 16.0 Å². The number of rotatable bonds is 12. The number of hydrogen-bond donors (Lipinski definition) is 3. The van der Waals surface area contributed by atoms with Crippen LogP contribution in [-0.4, -0.2) is 249 Å². The Morgan fingerprint density at radius 1 is 0.644 bits per heavy atom. The van der Waals surface area contributed by atoms with Gasteiger partial charge in [-0.1, -0.05) is 111 Å². The molecule has 2 aliphatic carbocycles. The molecule has 1 spiro atoms. The maximum Gasteiger partial charge on any atom is 0.417 e. The summed E-state index contributed by atoms with van der Waals surface area (Å²) in [6.45, 7) is 14.3. The molecule has 4 aliphatic heterocycles. The van der Waals surface area contributed by atoms with Crippen LogP contribution < -0.4 is 16.0 Å². The molecule has 6 fully saturated rings. The first-order chi connectivity index (χ1) is 47.6. The highest BCUT2D eigenvalue weighted by Crippen LogP contribution is 2.38. The number of benzene rings is 1. The van der Waals surface area contributed by atoms with E-state index in [0.29, 0.717) is 57.2 Å². The lowest BCUT2D eigenvalue weighted by Crippen LogP contribution is -2.65. The zero-order chi connectivity index (χ0) is 74.7. The van der Waals surface area contributed by atoms with E-state index in [0.717, 1.165) is 50.7 Å². The molecule has 12 amide bonds. The van der Waals surface area contributed by atoms with Crippen molar-refractivity contribution in [3.05, 3.63) is 34.3 Å². The zero-order valence-electron chi connectivity index (χ0n) is 61.8. The van der Waals surface area contributed by atoms with Gasteiger partial charge < -0.3 is 60.0 Å². The fourth-order valence-corrected chi connectivity index (χ4v) is 16.0. The maximum absolute atomic E-state index is 15.5. The number of piperidine rings is 1. The highest BCUT2D eigenvalue weighted by molar-refractivity contribution is 6.31. The highest BCUT2D eigenvalue weighted by atomic mass is 35.5. The van der Waals surface area contributed by atoms with Crippen molar-refractivity contribution in [3.8, 4) is 0 Å². The summed E-state index contributed by atoms with van der Waals surface area (Å²) in [6, 6.07) is -7.82. The molecular weight excluding hydrogens is 1330 g/mol. The van der Waals surface area contributed by atoms with Crippen LogP contribution in [0.2, 0.25) is 5.02 Å². The van der Waals surface area contributed by atoms with E-state index in [-0.39, 0.29) is 82.8 Å². The van der Waals surface area contributed by atoms with Gasteiger partial charge in [-0.15, -0.1) is 0 Å². The number of aryl methyl sites for hydroxylation is 1. The van der Waals surface area contributed by atoms with Crippen LogP contribution in [0, 0.1) is 23.7 Å². The maximum atomic E-state index is 15.5. The number of likely N-dealkylation sites (tertiary alicyclic amines) is 1. The van der Waals surface area contributed by atoms with Gasteiger partial charge in [0.25, 0.3) is 0 Å². The second-order valence-corrected chi connectivity index (χ2v) is 30.5. The standard InChI is InChI=1S/C73H112ClF3N12O12/c1-14-46(7)60-69(99)81(9)47(8)64(94)89-38-32-54(89)66(96)83(11)56(41-48-25-18-16-19-26-48)67(97)86(15-2)43-58(90)78-52(31-29-49-28-30-50(51(74)40-49)73(75,76)77)65(95)88-37-24-27-53(88)63(93)80-72(33-20-21-34-72)71(101)85(13)61(45(5)6)70(100)84(12)57(68(98)87-35-22-17-23-36-87)42-59(91)82(10)55(39-44(3)4)62(92)79-60/h28,30,40,44-48,52-57,60-61H,14-27,29,31-39,41-43H2,1-13H3,(H,78,90)(H,79,92)(H,80,93)/t46-,47-,52-,53-,54-,55-,56-,57-,60-,61-/m0/s1. The Bertz CT molecular complexity index is 3170. The van der Waals surface area contributed by atoms with Gasteiger partial charge in [-0.05, 0) is 132 Å². The number of hydrogen-bond acceptors (Lipinski definition) is 12. The first-order valence-corrected chi connectivity index (χ1v) is 37.3. The van der Waals surface area contributed by atoms with E-state index in [1.165, 1.54) is 87.4 Å². The summed E-state index contributed by atoms with van der Waals surface area (Å²) in [5.41, 5.74) is -2.35. The van der Waals surface area contributed by atoms with Gasteiger partial charge in [0.2, 0.25) is 70.9 Å². The summed E-state index contributed by atoms with van der Waals surface area (Å²) < 4.78 is 41.7. The van der Waals surface area contributed by atoms with Crippen LogP contribution in [0.1, 0.15) is 195 Å². The van der Waals surface area contributed by atoms with Crippen molar-refractivity contribution in [2.45, 2.75) is 256 Å². The van der Waals surface area contributed by atoms with E-state index >= 15 is 28.8 Å². The van der Waals surface area contributed by atoms with Crippen molar-refractivity contribution in [2.24, 2.45) is 23.7 Å². The molecule has 2 saturated carbocycles. The SMILES string of the molecule is CC[C@H](C)[C@@H]1NC(=O)[C@H](CC(C)C)N(C)C(=O)C[C@@H](C(=O)N2CCCCC2)N(C)C(=O)[C@H](C(C)C)N(C)C(=O)C2(CCCC2)NC(=O)[C@@H]2CCCN2C(=O)[C@H](CCc2ccc(C(F)(F)F)c(Cl)c2)NC(=O)CN(CC)C(=O)[C@H](CC2CCCCC2)N(C)C(=O)[C@@H]2CCN2C(=O)[C@H](C)N(C)C1=O. The molecule has 0 aromatic heterocycles. The molecule has 6 aliphatic rings. The van der Waals surface area contributed by atoms with Gasteiger partial charge in [-0.25, -0.2) is 0 Å². The van der Waals surface area contributed by atoms with E-state index in [1.54, 1.807) is 32.6 Å². The molecule has 1 aromatic rings. The summed E-state index contributed by atoms with van der Waals surface area (Å²) in [7, 11) is 7.24.